The van der Waals surface area contributed by atoms with Crippen LogP contribution < -0.4 is 10.6 Å². The fraction of sp³-hybridized carbons (Fsp3) is 0.303. The number of piperidine rings is 1. The molecule has 0 aliphatic carbocycles. The Morgan fingerprint density at radius 2 is 1.91 bits per heavy atom. The van der Waals surface area contributed by atoms with Crippen LogP contribution in [0.25, 0.3) is 10.9 Å². The lowest BCUT2D eigenvalue weighted by atomic mass is 10.00. The molecule has 11 heteroatoms. The van der Waals surface area contributed by atoms with Gasteiger partial charge in [-0.1, -0.05) is 30.3 Å². The average molecular weight is 590 g/mol. The first kappa shape index (κ1) is 27.6. The van der Waals surface area contributed by atoms with Crippen molar-refractivity contribution in [1.82, 2.24) is 39.8 Å². The Morgan fingerprint density at radius 1 is 1.07 bits per heavy atom. The summed E-state index contributed by atoms with van der Waals surface area (Å²) in [6, 6.07) is 17.5. The molecule has 7 rings (SSSR count). The lowest BCUT2D eigenvalue weighted by molar-refractivity contribution is 0.127. The highest BCUT2D eigenvalue weighted by atomic mass is 16.2. The number of amides is 4. The maximum absolute atomic E-state index is 13.8. The SMILES string of the molecule is Cc1cc(CC(NC(=O)N2CCC(N3Cc4ccccc4NC3=O)CC2)c2nccn2Cc2ccccn2)cc2cn[nH]c12. The first-order valence-corrected chi connectivity index (χ1v) is 15.1. The lowest BCUT2D eigenvalue weighted by Gasteiger charge is -2.40. The number of aromatic nitrogens is 5. The van der Waals surface area contributed by atoms with Crippen LogP contribution in [0, 0.1) is 6.92 Å². The number of rotatable bonds is 7. The van der Waals surface area contributed by atoms with Crippen LogP contribution in [-0.2, 0) is 19.5 Å². The van der Waals surface area contributed by atoms with Gasteiger partial charge in [-0.15, -0.1) is 0 Å². The molecule has 0 bridgehead atoms. The predicted octanol–water partition coefficient (Wildman–Crippen LogP) is 5.02. The van der Waals surface area contributed by atoms with Crippen molar-refractivity contribution in [2.24, 2.45) is 0 Å². The average Bonchev–Trinajstić information content (AvgIpc) is 3.71. The van der Waals surface area contributed by atoms with E-state index in [4.69, 9.17) is 4.98 Å². The van der Waals surface area contributed by atoms with E-state index in [-0.39, 0.29) is 24.1 Å². The number of hydrogen-bond donors (Lipinski definition) is 3. The quantitative estimate of drug-likeness (QED) is 0.246. The number of likely N-dealkylation sites (tertiary alicyclic amines) is 1. The Morgan fingerprint density at radius 3 is 2.75 bits per heavy atom. The van der Waals surface area contributed by atoms with Gasteiger partial charge in [-0.2, -0.15) is 5.10 Å². The smallest absolute Gasteiger partial charge is 0.322 e. The number of carbonyl (C=O) groups is 2. The molecule has 2 aromatic carbocycles. The van der Waals surface area contributed by atoms with E-state index in [0.717, 1.165) is 57.6 Å². The van der Waals surface area contributed by atoms with E-state index in [0.29, 0.717) is 32.6 Å². The molecule has 2 aliphatic rings. The van der Waals surface area contributed by atoms with Crippen LogP contribution in [-0.4, -0.2) is 65.7 Å². The van der Waals surface area contributed by atoms with Crippen LogP contribution in [0.5, 0.6) is 0 Å². The van der Waals surface area contributed by atoms with Crippen molar-refractivity contribution in [3.63, 3.8) is 0 Å². The topological polar surface area (TPSA) is 124 Å². The van der Waals surface area contributed by atoms with E-state index in [1.807, 2.05) is 64.7 Å². The number of carbonyl (C=O) groups excluding carboxylic acids is 2. The number of aromatic amines is 1. The molecule has 5 heterocycles. The highest BCUT2D eigenvalue weighted by Crippen LogP contribution is 2.28. The number of fused-ring (bicyclic) bond motifs is 2. The number of imidazole rings is 1. The molecule has 2 aliphatic heterocycles. The number of nitrogens with one attached hydrogen (secondary N) is 3. The van der Waals surface area contributed by atoms with Crippen molar-refractivity contribution in [2.45, 2.75) is 51.4 Å². The lowest BCUT2D eigenvalue weighted by Crippen LogP contribution is -2.53. The van der Waals surface area contributed by atoms with Gasteiger partial charge in [0, 0.05) is 55.3 Å². The van der Waals surface area contributed by atoms with Gasteiger partial charge in [-0.25, -0.2) is 14.6 Å². The van der Waals surface area contributed by atoms with Crippen molar-refractivity contribution in [3.8, 4) is 0 Å². The summed E-state index contributed by atoms with van der Waals surface area (Å²) in [6.07, 6.45) is 9.32. The van der Waals surface area contributed by atoms with Gasteiger partial charge in [0.2, 0.25) is 0 Å². The zero-order valence-corrected chi connectivity index (χ0v) is 24.6. The summed E-state index contributed by atoms with van der Waals surface area (Å²) < 4.78 is 2.05. The molecule has 0 spiro atoms. The summed E-state index contributed by atoms with van der Waals surface area (Å²) in [6.45, 7) is 4.33. The van der Waals surface area contributed by atoms with Gasteiger partial charge in [-0.05, 0) is 67.1 Å². The van der Waals surface area contributed by atoms with E-state index in [1.54, 1.807) is 12.4 Å². The molecule has 1 unspecified atom stereocenters. The highest BCUT2D eigenvalue weighted by Gasteiger charge is 2.33. The van der Waals surface area contributed by atoms with E-state index in [1.165, 1.54) is 0 Å². The molecule has 0 saturated carbocycles. The molecule has 1 saturated heterocycles. The molecule has 4 amide bonds. The number of aryl methyl sites for hydroxylation is 1. The van der Waals surface area contributed by atoms with Crippen LogP contribution in [0.15, 0.2) is 79.4 Å². The molecule has 3 aromatic heterocycles. The summed E-state index contributed by atoms with van der Waals surface area (Å²) in [5.41, 5.74) is 6.10. The van der Waals surface area contributed by atoms with Crippen LogP contribution in [0.1, 0.15) is 47.1 Å². The molecule has 224 valence electrons. The van der Waals surface area contributed by atoms with Gasteiger partial charge in [0.05, 0.1) is 30.0 Å². The Balaban J connectivity index is 1.08. The second kappa shape index (κ2) is 11.8. The zero-order chi connectivity index (χ0) is 30.0. The number of H-pyrrole nitrogens is 1. The minimum atomic E-state index is -0.368. The number of pyridine rings is 1. The number of benzene rings is 2. The van der Waals surface area contributed by atoms with Crippen LogP contribution in [0.2, 0.25) is 0 Å². The normalized spacial score (nSPS) is 16.1. The Labute approximate surface area is 255 Å². The largest absolute Gasteiger partial charge is 0.328 e. The first-order valence-electron chi connectivity index (χ1n) is 15.1. The molecule has 3 N–H and O–H groups in total. The van der Waals surface area contributed by atoms with Crippen molar-refractivity contribution < 1.29 is 9.59 Å². The van der Waals surface area contributed by atoms with E-state index >= 15 is 0 Å². The minimum absolute atomic E-state index is 0.0729. The van der Waals surface area contributed by atoms with Crippen LogP contribution in [0.3, 0.4) is 0 Å². The molecular formula is C33H35N9O2. The number of nitrogens with zero attached hydrogens (tertiary/aromatic N) is 6. The van der Waals surface area contributed by atoms with E-state index in [2.05, 4.69) is 49.4 Å². The Kier molecular flexibility index (Phi) is 7.43. The fourth-order valence-corrected chi connectivity index (χ4v) is 6.44. The highest BCUT2D eigenvalue weighted by molar-refractivity contribution is 5.92. The van der Waals surface area contributed by atoms with Crippen molar-refractivity contribution in [3.05, 3.63) is 108 Å². The summed E-state index contributed by atoms with van der Waals surface area (Å²) in [4.78, 5) is 39.6. The predicted molar refractivity (Wildman–Crippen MR) is 167 cm³/mol. The maximum Gasteiger partial charge on any atom is 0.322 e. The number of anilines is 1. The third kappa shape index (κ3) is 5.60. The van der Waals surface area contributed by atoms with Gasteiger partial charge >= 0.3 is 12.1 Å². The summed E-state index contributed by atoms with van der Waals surface area (Å²) in [7, 11) is 0. The summed E-state index contributed by atoms with van der Waals surface area (Å²) >= 11 is 0. The molecule has 1 atom stereocenters. The van der Waals surface area contributed by atoms with Crippen LogP contribution >= 0.6 is 0 Å². The molecule has 11 nitrogen and oxygen atoms in total. The monoisotopic (exact) mass is 589 g/mol. The van der Waals surface area contributed by atoms with Crippen molar-refractivity contribution in [1.29, 1.82) is 0 Å². The second-order valence-corrected chi connectivity index (χ2v) is 11.6. The molecule has 1 fully saturated rings. The third-order valence-corrected chi connectivity index (χ3v) is 8.71. The fourth-order valence-electron chi connectivity index (χ4n) is 6.44. The number of para-hydroxylation sites is 1. The number of hydrogen-bond acceptors (Lipinski definition) is 5. The summed E-state index contributed by atoms with van der Waals surface area (Å²) in [5.74, 6) is 0.771. The number of urea groups is 2. The molecule has 44 heavy (non-hydrogen) atoms. The molecule has 0 radical (unpaired) electrons. The maximum atomic E-state index is 13.8. The Hall–Kier alpha value is -5.19. The zero-order valence-electron chi connectivity index (χ0n) is 24.6. The van der Waals surface area contributed by atoms with Gasteiger partial charge < -0.3 is 25.0 Å². The van der Waals surface area contributed by atoms with E-state index < -0.39 is 0 Å². The van der Waals surface area contributed by atoms with Gasteiger partial charge in [0.1, 0.15) is 5.82 Å². The van der Waals surface area contributed by atoms with Crippen molar-refractivity contribution in [2.75, 3.05) is 18.4 Å². The second-order valence-electron chi connectivity index (χ2n) is 11.6. The minimum Gasteiger partial charge on any atom is -0.328 e. The van der Waals surface area contributed by atoms with E-state index in [9.17, 15) is 9.59 Å². The third-order valence-electron chi connectivity index (χ3n) is 8.71. The van der Waals surface area contributed by atoms with Gasteiger partial charge in [0.15, 0.2) is 0 Å². The Bertz CT molecular complexity index is 1790. The molecule has 5 aromatic rings. The van der Waals surface area contributed by atoms with Crippen molar-refractivity contribution >= 4 is 28.7 Å². The molecular weight excluding hydrogens is 554 g/mol. The van der Waals surface area contributed by atoms with Gasteiger partial charge in [0.25, 0.3) is 0 Å². The standard InChI is InChI=1S/C33H35N9O2/c1-22-16-23(17-25-19-36-39-30(22)25)18-29(31-35-12-15-41(31)21-26-7-4-5-11-34-26)38-32(43)40-13-9-27(10-14-40)42-20-24-6-2-3-8-28(24)37-33(42)44/h2-8,11-12,15-17,19,27,29H,9-10,13-14,18,20-21H2,1H3,(H,36,39)(H,37,44)(H,38,43). The van der Waals surface area contributed by atoms with Gasteiger partial charge in [-0.3, -0.25) is 10.1 Å². The first-order chi connectivity index (χ1) is 21.5. The summed E-state index contributed by atoms with van der Waals surface area (Å²) in [5, 5.41) is 14.6. The van der Waals surface area contributed by atoms with Crippen LogP contribution in [0.4, 0.5) is 15.3 Å².